The quantitative estimate of drug-likeness (QED) is 0.871. The largest absolute Gasteiger partial charge is 0.352 e. The fourth-order valence-corrected chi connectivity index (χ4v) is 3.32. The molecular formula is C22H28N2O. The highest BCUT2D eigenvalue weighted by molar-refractivity contribution is 5.78. The lowest BCUT2D eigenvalue weighted by Crippen LogP contribution is -2.24. The summed E-state index contributed by atoms with van der Waals surface area (Å²) in [7, 11) is 0. The van der Waals surface area contributed by atoms with Crippen LogP contribution in [0.2, 0.25) is 0 Å². The average Bonchev–Trinajstić information content (AvgIpc) is 3.11. The van der Waals surface area contributed by atoms with Gasteiger partial charge < -0.3 is 5.32 Å². The number of hydrogen-bond acceptors (Lipinski definition) is 2. The molecule has 1 N–H and O–H groups in total. The van der Waals surface area contributed by atoms with Crippen LogP contribution in [-0.4, -0.2) is 23.9 Å². The normalized spacial score (nSPS) is 14.6. The van der Waals surface area contributed by atoms with Gasteiger partial charge in [-0.05, 0) is 67.6 Å². The second kappa shape index (κ2) is 8.30. The predicted octanol–water partition coefficient (Wildman–Crippen LogP) is 3.76. The zero-order valence-electron chi connectivity index (χ0n) is 15.3. The molecule has 2 aromatic carbocycles. The monoisotopic (exact) mass is 336 g/mol. The van der Waals surface area contributed by atoms with Gasteiger partial charge >= 0.3 is 0 Å². The number of carbonyl (C=O) groups is 1. The third-order valence-electron chi connectivity index (χ3n) is 5.05. The van der Waals surface area contributed by atoms with Crippen LogP contribution in [0.5, 0.6) is 0 Å². The van der Waals surface area contributed by atoms with E-state index in [4.69, 9.17) is 0 Å². The smallest absolute Gasteiger partial charge is 0.224 e. The molecule has 0 spiro atoms. The number of hydrogen-bond donors (Lipinski definition) is 1. The first-order valence-corrected chi connectivity index (χ1v) is 9.23. The molecule has 25 heavy (non-hydrogen) atoms. The fraction of sp³-hybridized carbons (Fsp3) is 0.409. The van der Waals surface area contributed by atoms with Crippen molar-refractivity contribution in [1.82, 2.24) is 10.2 Å². The molecule has 0 bridgehead atoms. The summed E-state index contributed by atoms with van der Waals surface area (Å²) in [4.78, 5) is 14.7. The molecule has 0 atom stereocenters. The summed E-state index contributed by atoms with van der Waals surface area (Å²) in [6, 6.07) is 14.8. The highest BCUT2D eigenvalue weighted by Gasteiger charge is 2.11. The van der Waals surface area contributed by atoms with Gasteiger partial charge in [-0.15, -0.1) is 0 Å². The van der Waals surface area contributed by atoms with Crippen molar-refractivity contribution in [2.45, 2.75) is 46.2 Å². The average molecular weight is 336 g/mol. The molecule has 0 radical (unpaired) electrons. The van der Waals surface area contributed by atoms with E-state index in [0.29, 0.717) is 13.0 Å². The predicted molar refractivity (Wildman–Crippen MR) is 102 cm³/mol. The lowest BCUT2D eigenvalue weighted by atomic mass is 10.0. The summed E-state index contributed by atoms with van der Waals surface area (Å²) in [6.07, 6.45) is 3.09. The Bertz CT molecular complexity index is 715. The Labute approximate surface area is 151 Å². The number of benzene rings is 2. The number of aryl methyl sites for hydroxylation is 2. The molecule has 2 aromatic rings. The van der Waals surface area contributed by atoms with Crippen molar-refractivity contribution >= 4 is 5.91 Å². The van der Waals surface area contributed by atoms with Gasteiger partial charge in [-0.1, -0.05) is 42.5 Å². The minimum Gasteiger partial charge on any atom is -0.352 e. The third kappa shape index (κ3) is 5.17. The number of nitrogens with zero attached hydrogens (tertiary/aromatic N) is 1. The van der Waals surface area contributed by atoms with Gasteiger partial charge in [-0.2, -0.15) is 0 Å². The minimum atomic E-state index is 0.0735. The van der Waals surface area contributed by atoms with Crippen LogP contribution in [0.3, 0.4) is 0 Å². The van der Waals surface area contributed by atoms with Gasteiger partial charge in [0.05, 0.1) is 6.42 Å². The molecule has 1 aliphatic rings. The fourth-order valence-electron chi connectivity index (χ4n) is 3.32. The molecule has 3 rings (SSSR count). The van der Waals surface area contributed by atoms with E-state index in [1.54, 1.807) is 0 Å². The first-order valence-electron chi connectivity index (χ1n) is 9.23. The van der Waals surface area contributed by atoms with E-state index in [1.807, 2.05) is 6.07 Å². The second-order valence-electron chi connectivity index (χ2n) is 7.17. The minimum absolute atomic E-state index is 0.0735. The summed E-state index contributed by atoms with van der Waals surface area (Å²) < 4.78 is 0. The van der Waals surface area contributed by atoms with Gasteiger partial charge in [0.25, 0.3) is 0 Å². The highest BCUT2D eigenvalue weighted by atomic mass is 16.1. The van der Waals surface area contributed by atoms with Gasteiger partial charge in [0, 0.05) is 13.1 Å². The number of nitrogens with one attached hydrogen (secondary N) is 1. The first-order chi connectivity index (χ1) is 12.1. The van der Waals surface area contributed by atoms with E-state index in [1.165, 1.54) is 42.6 Å². The second-order valence-corrected chi connectivity index (χ2v) is 7.17. The number of amides is 1. The molecule has 3 heteroatoms. The summed E-state index contributed by atoms with van der Waals surface area (Å²) in [5.74, 6) is 0.0735. The van der Waals surface area contributed by atoms with Gasteiger partial charge in [0.2, 0.25) is 5.91 Å². The van der Waals surface area contributed by atoms with E-state index < -0.39 is 0 Å². The van der Waals surface area contributed by atoms with E-state index >= 15 is 0 Å². The Balaban J connectivity index is 1.47. The van der Waals surface area contributed by atoms with Crippen molar-refractivity contribution in [1.29, 1.82) is 0 Å². The van der Waals surface area contributed by atoms with Crippen LogP contribution < -0.4 is 5.32 Å². The Kier molecular flexibility index (Phi) is 5.87. The first kappa shape index (κ1) is 17.7. The van der Waals surface area contributed by atoms with Gasteiger partial charge in [-0.25, -0.2) is 0 Å². The molecule has 0 saturated carbocycles. The van der Waals surface area contributed by atoms with E-state index in [0.717, 1.165) is 17.7 Å². The molecule has 0 aliphatic carbocycles. The highest BCUT2D eigenvalue weighted by Crippen LogP contribution is 2.14. The standard InChI is InChI=1S/C22H28N2O/c1-17-5-6-21(13-18(17)2)14-22(25)23-15-19-7-9-20(10-8-19)16-24-11-3-4-12-24/h5-10,13H,3-4,11-12,14-16H2,1-2H3,(H,23,25). The Morgan fingerprint density at radius 2 is 1.56 bits per heavy atom. The van der Waals surface area contributed by atoms with E-state index in [-0.39, 0.29) is 5.91 Å². The van der Waals surface area contributed by atoms with Crippen LogP contribution in [0.25, 0.3) is 0 Å². The lowest BCUT2D eigenvalue weighted by Gasteiger charge is -2.14. The summed E-state index contributed by atoms with van der Waals surface area (Å²) >= 11 is 0. The zero-order chi connectivity index (χ0) is 17.6. The Morgan fingerprint density at radius 3 is 2.24 bits per heavy atom. The molecule has 1 aliphatic heterocycles. The Hall–Kier alpha value is -2.13. The molecule has 1 amide bonds. The summed E-state index contributed by atoms with van der Waals surface area (Å²) in [6.45, 7) is 8.24. The van der Waals surface area contributed by atoms with Crippen molar-refractivity contribution in [2.75, 3.05) is 13.1 Å². The van der Waals surface area contributed by atoms with Crippen LogP contribution in [0, 0.1) is 13.8 Å². The van der Waals surface area contributed by atoms with Gasteiger partial charge in [0.15, 0.2) is 0 Å². The SMILES string of the molecule is Cc1ccc(CC(=O)NCc2ccc(CN3CCCC3)cc2)cc1C. The molecule has 0 unspecified atom stereocenters. The molecule has 1 saturated heterocycles. The maximum atomic E-state index is 12.2. The Morgan fingerprint density at radius 1 is 0.920 bits per heavy atom. The molecule has 0 aromatic heterocycles. The van der Waals surface area contributed by atoms with Gasteiger partial charge in [-0.3, -0.25) is 9.69 Å². The van der Waals surface area contributed by atoms with Crippen LogP contribution in [0.1, 0.15) is 40.7 Å². The van der Waals surface area contributed by atoms with Crippen LogP contribution in [0.15, 0.2) is 42.5 Å². The summed E-state index contributed by atoms with van der Waals surface area (Å²) in [5, 5.41) is 3.02. The maximum Gasteiger partial charge on any atom is 0.224 e. The topological polar surface area (TPSA) is 32.3 Å². The van der Waals surface area contributed by atoms with Gasteiger partial charge in [0.1, 0.15) is 0 Å². The van der Waals surface area contributed by atoms with E-state index in [9.17, 15) is 4.79 Å². The van der Waals surface area contributed by atoms with Crippen LogP contribution in [0.4, 0.5) is 0 Å². The van der Waals surface area contributed by atoms with Crippen LogP contribution >= 0.6 is 0 Å². The number of carbonyl (C=O) groups excluding carboxylic acids is 1. The molecule has 1 fully saturated rings. The lowest BCUT2D eigenvalue weighted by molar-refractivity contribution is -0.120. The van der Waals surface area contributed by atoms with Crippen molar-refractivity contribution in [3.8, 4) is 0 Å². The van der Waals surface area contributed by atoms with Crippen molar-refractivity contribution in [2.24, 2.45) is 0 Å². The molecule has 3 nitrogen and oxygen atoms in total. The van der Waals surface area contributed by atoms with Crippen molar-refractivity contribution in [3.63, 3.8) is 0 Å². The summed E-state index contributed by atoms with van der Waals surface area (Å²) in [5.41, 5.74) is 6.07. The number of rotatable bonds is 6. The number of likely N-dealkylation sites (tertiary alicyclic amines) is 1. The third-order valence-corrected chi connectivity index (χ3v) is 5.05. The van der Waals surface area contributed by atoms with E-state index in [2.05, 4.69) is 60.5 Å². The molecule has 132 valence electrons. The molecular weight excluding hydrogens is 308 g/mol. The van der Waals surface area contributed by atoms with Crippen molar-refractivity contribution < 1.29 is 4.79 Å². The maximum absolute atomic E-state index is 12.2. The molecule has 1 heterocycles. The zero-order valence-corrected chi connectivity index (χ0v) is 15.3. The van der Waals surface area contributed by atoms with Crippen LogP contribution in [-0.2, 0) is 24.3 Å². The van der Waals surface area contributed by atoms with Crippen molar-refractivity contribution in [3.05, 3.63) is 70.3 Å².